The van der Waals surface area contributed by atoms with E-state index in [9.17, 15) is 4.79 Å². The van der Waals surface area contributed by atoms with E-state index in [4.69, 9.17) is 4.74 Å². The Labute approximate surface area is 144 Å². The van der Waals surface area contributed by atoms with Crippen LogP contribution >= 0.6 is 0 Å². The lowest BCUT2D eigenvalue weighted by Crippen LogP contribution is -2.27. The summed E-state index contributed by atoms with van der Waals surface area (Å²) in [5, 5.41) is 0. The van der Waals surface area contributed by atoms with E-state index in [1.54, 1.807) is 7.11 Å². The monoisotopic (exact) mass is 320 g/mol. The first-order valence-electron chi connectivity index (χ1n) is 8.38. The fourth-order valence-electron chi connectivity index (χ4n) is 3.40. The second-order valence-corrected chi connectivity index (χ2v) is 7.48. The van der Waals surface area contributed by atoms with Crippen LogP contribution in [0.3, 0.4) is 0 Å². The average Bonchev–Trinajstić information content (AvgIpc) is 2.57. The van der Waals surface area contributed by atoms with Gasteiger partial charge in [0.2, 0.25) is 0 Å². The predicted octanol–water partition coefficient (Wildman–Crippen LogP) is 5.49. The van der Waals surface area contributed by atoms with E-state index in [-0.39, 0.29) is 11.2 Å². The first-order valence-corrected chi connectivity index (χ1v) is 8.38. The van der Waals surface area contributed by atoms with Crippen LogP contribution in [0.25, 0.3) is 6.08 Å². The molecule has 0 radical (unpaired) electrons. The van der Waals surface area contributed by atoms with Gasteiger partial charge >= 0.3 is 0 Å². The molecule has 2 heteroatoms. The number of ether oxygens (including phenoxy) is 1. The van der Waals surface area contributed by atoms with Gasteiger partial charge in [0.05, 0.1) is 7.11 Å². The van der Waals surface area contributed by atoms with Gasteiger partial charge in [-0.25, -0.2) is 0 Å². The summed E-state index contributed by atoms with van der Waals surface area (Å²) in [7, 11) is 1.66. The van der Waals surface area contributed by atoms with Crippen molar-refractivity contribution in [1.29, 1.82) is 0 Å². The van der Waals surface area contributed by atoms with Crippen LogP contribution < -0.4 is 4.74 Å². The summed E-state index contributed by atoms with van der Waals surface area (Å²) in [5.41, 5.74) is 4.06. The van der Waals surface area contributed by atoms with E-state index in [0.717, 1.165) is 28.9 Å². The Morgan fingerprint density at radius 1 is 1.04 bits per heavy atom. The molecule has 0 saturated carbocycles. The molecule has 0 bridgehead atoms. The number of allylic oxidation sites excluding steroid dienone is 1. The molecule has 2 aromatic carbocycles. The summed E-state index contributed by atoms with van der Waals surface area (Å²) in [6.45, 7) is 6.74. The van der Waals surface area contributed by atoms with Crippen LogP contribution in [-0.4, -0.2) is 12.9 Å². The van der Waals surface area contributed by atoms with Crippen molar-refractivity contribution < 1.29 is 9.53 Å². The van der Waals surface area contributed by atoms with E-state index in [0.29, 0.717) is 5.92 Å². The Hall–Kier alpha value is -2.35. The molecular formula is C22H24O2. The highest BCUT2D eigenvalue weighted by Crippen LogP contribution is 2.45. The number of benzene rings is 2. The van der Waals surface area contributed by atoms with Crippen molar-refractivity contribution in [2.24, 2.45) is 5.41 Å². The van der Waals surface area contributed by atoms with E-state index < -0.39 is 0 Å². The van der Waals surface area contributed by atoms with Gasteiger partial charge in [0, 0.05) is 11.1 Å². The molecule has 0 N–H and O–H groups in total. The van der Waals surface area contributed by atoms with Crippen molar-refractivity contribution in [2.75, 3.05) is 7.11 Å². The number of carbonyl (C=O) groups is 1. The first-order chi connectivity index (χ1) is 11.4. The molecule has 0 fully saturated rings. The topological polar surface area (TPSA) is 26.3 Å². The Kier molecular flexibility index (Phi) is 4.31. The number of Topliss-reactive ketones (excluding diaryl/α,β-unsaturated/α-hetero) is 1. The van der Waals surface area contributed by atoms with Crippen molar-refractivity contribution in [3.05, 3.63) is 70.8 Å². The minimum Gasteiger partial charge on any atom is -0.497 e. The third-order valence-corrected chi connectivity index (χ3v) is 4.80. The Balaban J connectivity index is 2.03. The van der Waals surface area contributed by atoms with Gasteiger partial charge in [-0.05, 0) is 47.1 Å². The lowest BCUT2D eigenvalue weighted by Gasteiger charge is -2.36. The molecule has 0 aliphatic heterocycles. The van der Waals surface area contributed by atoms with Crippen molar-refractivity contribution in [3.8, 4) is 5.75 Å². The van der Waals surface area contributed by atoms with Crippen LogP contribution in [-0.2, 0) is 0 Å². The van der Waals surface area contributed by atoms with Crippen LogP contribution in [0.2, 0.25) is 0 Å². The second kappa shape index (κ2) is 6.27. The highest BCUT2D eigenvalue weighted by Gasteiger charge is 2.35. The standard InChI is InChI=1S/C22H24O2/c1-22(2,3)20-14-16(13-15-9-11-17(24-4)12-10-15)21(23)19-8-6-5-7-18(19)20/h5-13,20H,14H2,1-4H3/b16-13+/t20-/m0/s1. The molecule has 0 saturated heterocycles. The maximum absolute atomic E-state index is 12.9. The number of rotatable bonds is 2. The SMILES string of the molecule is COc1ccc(/C=C2\C[C@H](C(C)(C)C)c3ccccc3C2=O)cc1. The Morgan fingerprint density at radius 3 is 2.33 bits per heavy atom. The number of methoxy groups -OCH3 is 1. The molecule has 124 valence electrons. The lowest BCUT2D eigenvalue weighted by molar-refractivity contribution is 0.101. The fraction of sp³-hybridized carbons (Fsp3) is 0.318. The summed E-state index contributed by atoms with van der Waals surface area (Å²) in [5.74, 6) is 1.32. The fourth-order valence-corrected chi connectivity index (χ4v) is 3.40. The molecule has 2 nitrogen and oxygen atoms in total. The summed E-state index contributed by atoms with van der Waals surface area (Å²) in [6.07, 6.45) is 2.81. The van der Waals surface area contributed by atoms with Gasteiger partial charge in [-0.1, -0.05) is 57.2 Å². The number of hydrogen-bond donors (Lipinski definition) is 0. The van der Waals surface area contributed by atoms with Crippen molar-refractivity contribution in [2.45, 2.75) is 33.1 Å². The smallest absolute Gasteiger partial charge is 0.189 e. The molecular weight excluding hydrogens is 296 g/mol. The van der Waals surface area contributed by atoms with Crippen LogP contribution in [0.5, 0.6) is 5.75 Å². The molecule has 1 atom stereocenters. The minimum atomic E-state index is 0.107. The van der Waals surface area contributed by atoms with E-state index in [2.05, 4.69) is 26.8 Å². The van der Waals surface area contributed by atoms with Crippen LogP contribution in [0, 0.1) is 5.41 Å². The van der Waals surface area contributed by atoms with Gasteiger partial charge in [0.15, 0.2) is 5.78 Å². The highest BCUT2D eigenvalue weighted by molar-refractivity contribution is 6.13. The van der Waals surface area contributed by atoms with E-state index in [1.807, 2.05) is 48.5 Å². The van der Waals surface area contributed by atoms with Crippen LogP contribution in [0.4, 0.5) is 0 Å². The maximum Gasteiger partial charge on any atom is 0.189 e. The van der Waals surface area contributed by atoms with Gasteiger partial charge in [-0.3, -0.25) is 4.79 Å². The molecule has 0 unspecified atom stereocenters. The molecule has 0 aromatic heterocycles. The molecule has 0 amide bonds. The van der Waals surface area contributed by atoms with Gasteiger partial charge in [-0.15, -0.1) is 0 Å². The zero-order valence-corrected chi connectivity index (χ0v) is 14.8. The van der Waals surface area contributed by atoms with E-state index in [1.165, 1.54) is 5.56 Å². The Morgan fingerprint density at radius 2 is 1.71 bits per heavy atom. The molecule has 2 aromatic rings. The summed E-state index contributed by atoms with van der Waals surface area (Å²) < 4.78 is 5.20. The summed E-state index contributed by atoms with van der Waals surface area (Å²) in [6, 6.07) is 15.9. The number of hydrogen-bond acceptors (Lipinski definition) is 2. The average molecular weight is 320 g/mol. The van der Waals surface area contributed by atoms with E-state index >= 15 is 0 Å². The molecule has 0 spiro atoms. The van der Waals surface area contributed by atoms with Gasteiger partial charge < -0.3 is 4.74 Å². The van der Waals surface area contributed by atoms with Crippen molar-refractivity contribution >= 4 is 11.9 Å². The minimum absolute atomic E-state index is 0.107. The normalized spacial score (nSPS) is 19.2. The zero-order valence-electron chi connectivity index (χ0n) is 14.8. The maximum atomic E-state index is 12.9. The zero-order chi connectivity index (χ0) is 17.3. The molecule has 1 aliphatic rings. The van der Waals surface area contributed by atoms with Gasteiger partial charge in [0.1, 0.15) is 5.75 Å². The number of carbonyl (C=O) groups excluding carboxylic acids is 1. The molecule has 24 heavy (non-hydrogen) atoms. The van der Waals surface area contributed by atoms with Crippen LogP contribution in [0.15, 0.2) is 54.1 Å². The second-order valence-electron chi connectivity index (χ2n) is 7.48. The highest BCUT2D eigenvalue weighted by atomic mass is 16.5. The van der Waals surface area contributed by atoms with Crippen molar-refractivity contribution in [3.63, 3.8) is 0 Å². The first kappa shape index (κ1) is 16.5. The molecule has 3 rings (SSSR count). The number of fused-ring (bicyclic) bond motifs is 1. The van der Waals surface area contributed by atoms with Gasteiger partial charge in [0.25, 0.3) is 0 Å². The Bertz CT molecular complexity index is 776. The summed E-state index contributed by atoms with van der Waals surface area (Å²) >= 11 is 0. The third kappa shape index (κ3) is 3.14. The number of ketones is 1. The molecule has 1 aliphatic carbocycles. The summed E-state index contributed by atoms with van der Waals surface area (Å²) in [4.78, 5) is 12.9. The largest absolute Gasteiger partial charge is 0.497 e. The predicted molar refractivity (Wildman–Crippen MR) is 98.6 cm³/mol. The van der Waals surface area contributed by atoms with Crippen molar-refractivity contribution in [1.82, 2.24) is 0 Å². The third-order valence-electron chi connectivity index (χ3n) is 4.80. The van der Waals surface area contributed by atoms with Crippen LogP contribution in [0.1, 0.15) is 54.6 Å². The molecule has 0 heterocycles. The van der Waals surface area contributed by atoms with Gasteiger partial charge in [-0.2, -0.15) is 0 Å². The lowest BCUT2D eigenvalue weighted by atomic mass is 9.67. The quantitative estimate of drug-likeness (QED) is 0.683.